The van der Waals surface area contributed by atoms with Gasteiger partial charge in [0, 0.05) is 20.3 Å². The summed E-state index contributed by atoms with van der Waals surface area (Å²) >= 11 is 0. The number of fused-ring (bicyclic) bond motifs is 1. The first-order valence-corrected chi connectivity index (χ1v) is 8.51. The molecule has 0 N–H and O–H groups in total. The van der Waals surface area contributed by atoms with Gasteiger partial charge in [-0.25, -0.2) is 15.0 Å². The maximum Gasteiger partial charge on any atom is 0.303 e. The monoisotopic (exact) mass is 387 g/mol. The fourth-order valence-corrected chi connectivity index (χ4v) is 3.11. The summed E-state index contributed by atoms with van der Waals surface area (Å²) in [7, 11) is 0. The molecule has 0 spiro atoms. The van der Waals surface area contributed by atoms with E-state index in [4.69, 9.17) is 14.2 Å². The minimum atomic E-state index is -0.589. The van der Waals surface area contributed by atoms with Crippen LogP contribution in [0.2, 0.25) is 0 Å². The van der Waals surface area contributed by atoms with Crippen molar-refractivity contribution in [1.82, 2.24) is 34.3 Å². The second-order valence-electron chi connectivity index (χ2n) is 6.21. The van der Waals surface area contributed by atoms with Crippen LogP contribution in [0, 0.1) is 0 Å². The summed E-state index contributed by atoms with van der Waals surface area (Å²) in [6.45, 7) is 2.61. The van der Waals surface area contributed by atoms with Crippen LogP contribution in [-0.4, -0.2) is 65.0 Å². The van der Waals surface area contributed by atoms with E-state index in [2.05, 4.69) is 25.1 Å². The zero-order valence-corrected chi connectivity index (χ0v) is 15.1. The summed E-state index contributed by atoms with van der Waals surface area (Å²) in [5, 5.41) is 7.55. The summed E-state index contributed by atoms with van der Waals surface area (Å²) in [5.41, 5.74) is 1.08. The van der Waals surface area contributed by atoms with Crippen molar-refractivity contribution in [2.45, 2.75) is 38.7 Å². The number of carbonyl (C=O) groups excluding carboxylic acids is 2. The first-order chi connectivity index (χ1) is 13.5. The number of nitrogens with zero attached hydrogens (tertiary/aromatic N) is 7. The summed E-state index contributed by atoms with van der Waals surface area (Å²) in [4.78, 5) is 35.5. The first kappa shape index (κ1) is 18.0. The molecular weight excluding hydrogens is 370 g/mol. The van der Waals surface area contributed by atoms with Gasteiger partial charge in [-0.3, -0.25) is 18.7 Å². The maximum atomic E-state index is 11.4. The normalized spacial score (nSPS) is 21.7. The molecule has 1 saturated heterocycles. The van der Waals surface area contributed by atoms with E-state index in [1.807, 2.05) is 0 Å². The van der Waals surface area contributed by atoms with Crippen LogP contribution in [0.5, 0.6) is 0 Å². The van der Waals surface area contributed by atoms with Gasteiger partial charge in [0.25, 0.3) is 0 Å². The summed E-state index contributed by atoms with van der Waals surface area (Å²) in [6, 6.07) is 0. The van der Waals surface area contributed by atoms with E-state index in [1.54, 1.807) is 15.5 Å². The van der Waals surface area contributed by atoms with E-state index in [0.717, 1.165) is 0 Å². The Kier molecular flexibility index (Phi) is 4.69. The molecule has 1 aliphatic rings. The predicted molar refractivity (Wildman–Crippen MR) is 91.0 cm³/mol. The average molecular weight is 387 g/mol. The zero-order valence-electron chi connectivity index (χ0n) is 15.1. The van der Waals surface area contributed by atoms with Gasteiger partial charge in [-0.15, -0.1) is 10.2 Å². The van der Waals surface area contributed by atoms with E-state index < -0.39 is 30.4 Å². The van der Waals surface area contributed by atoms with Crippen LogP contribution >= 0.6 is 0 Å². The predicted octanol–water partition coefficient (Wildman–Crippen LogP) is 0.189. The molecule has 0 bridgehead atoms. The maximum absolute atomic E-state index is 11.4. The van der Waals surface area contributed by atoms with E-state index in [1.165, 1.54) is 32.8 Å². The first-order valence-electron chi connectivity index (χ1n) is 8.51. The number of imidazole rings is 1. The summed E-state index contributed by atoms with van der Waals surface area (Å²) in [6.07, 6.45) is 4.73. The highest BCUT2D eigenvalue weighted by Gasteiger charge is 2.40. The van der Waals surface area contributed by atoms with Gasteiger partial charge in [0.1, 0.15) is 44.0 Å². The lowest BCUT2D eigenvalue weighted by Crippen LogP contribution is -2.31. The fraction of sp³-hybridized carbons (Fsp3) is 0.438. The number of esters is 2. The van der Waals surface area contributed by atoms with Crippen molar-refractivity contribution in [1.29, 1.82) is 0 Å². The molecule has 3 aromatic heterocycles. The van der Waals surface area contributed by atoms with E-state index in [0.29, 0.717) is 23.4 Å². The molecule has 12 nitrogen and oxygen atoms in total. The molecule has 1 fully saturated rings. The van der Waals surface area contributed by atoms with Crippen LogP contribution in [-0.2, 0) is 23.8 Å². The Hall–Kier alpha value is -3.41. The Morgan fingerprint density at radius 3 is 2.64 bits per heavy atom. The highest BCUT2D eigenvalue weighted by molar-refractivity contribution is 5.78. The standard InChI is InChI=1S/C16H17N7O5/c1-9(24)26-4-12-11(27-10(2)25)3-13(28-12)23-6-19-14-15(17-5-18-16(14)23)22-7-20-21-8-22/h5-8,11-13H,3-4H2,1-2H3/t11?,12-,13-/m1/s1. The van der Waals surface area contributed by atoms with Crippen molar-refractivity contribution < 1.29 is 23.8 Å². The Morgan fingerprint density at radius 2 is 1.93 bits per heavy atom. The Balaban J connectivity index is 1.63. The lowest BCUT2D eigenvalue weighted by atomic mass is 10.2. The van der Waals surface area contributed by atoms with Gasteiger partial charge in [-0.05, 0) is 0 Å². The molecule has 28 heavy (non-hydrogen) atoms. The molecule has 1 aliphatic heterocycles. The van der Waals surface area contributed by atoms with E-state index >= 15 is 0 Å². The van der Waals surface area contributed by atoms with Crippen LogP contribution in [0.3, 0.4) is 0 Å². The molecule has 12 heteroatoms. The van der Waals surface area contributed by atoms with Crippen molar-refractivity contribution >= 4 is 23.1 Å². The number of carbonyl (C=O) groups is 2. The number of hydrogen-bond acceptors (Lipinski definition) is 10. The highest BCUT2D eigenvalue weighted by Crippen LogP contribution is 2.33. The molecule has 3 atom stereocenters. The Morgan fingerprint density at radius 1 is 1.14 bits per heavy atom. The van der Waals surface area contributed by atoms with Gasteiger partial charge in [-0.1, -0.05) is 0 Å². The van der Waals surface area contributed by atoms with Gasteiger partial charge < -0.3 is 14.2 Å². The zero-order chi connectivity index (χ0) is 19.7. The molecule has 0 aliphatic carbocycles. The van der Waals surface area contributed by atoms with Crippen molar-refractivity contribution in [2.75, 3.05) is 6.61 Å². The topological polar surface area (TPSA) is 136 Å². The molecule has 4 rings (SSSR count). The number of aromatic nitrogens is 7. The van der Waals surface area contributed by atoms with Crippen LogP contribution in [0.4, 0.5) is 0 Å². The minimum Gasteiger partial charge on any atom is -0.463 e. The molecule has 3 aromatic rings. The van der Waals surface area contributed by atoms with Gasteiger partial charge in [-0.2, -0.15) is 0 Å². The number of ether oxygens (including phenoxy) is 3. The molecular formula is C16H17N7O5. The summed E-state index contributed by atoms with van der Waals surface area (Å²) in [5.74, 6) is -0.345. The number of hydrogen-bond donors (Lipinski definition) is 0. The minimum absolute atomic E-state index is 0.0165. The second kappa shape index (κ2) is 7.31. The number of rotatable bonds is 5. The van der Waals surface area contributed by atoms with Gasteiger partial charge in [0.05, 0.1) is 6.33 Å². The Labute approximate surface area is 158 Å². The Bertz CT molecular complexity index is 1000. The largest absolute Gasteiger partial charge is 0.463 e. The van der Waals surface area contributed by atoms with Gasteiger partial charge in [0.2, 0.25) is 0 Å². The summed E-state index contributed by atoms with van der Waals surface area (Å²) < 4.78 is 19.7. The SMILES string of the molecule is CC(=O)OC[C@H]1O[C@@H](n2cnc3c(-n4cnnc4)ncnc32)CC1OC(C)=O. The fourth-order valence-electron chi connectivity index (χ4n) is 3.11. The third-order valence-electron chi connectivity index (χ3n) is 4.26. The molecule has 1 unspecified atom stereocenters. The van der Waals surface area contributed by atoms with Crippen molar-refractivity contribution in [2.24, 2.45) is 0 Å². The van der Waals surface area contributed by atoms with Gasteiger partial charge >= 0.3 is 11.9 Å². The quantitative estimate of drug-likeness (QED) is 0.558. The lowest BCUT2D eigenvalue weighted by Gasteiger charge is -2.17. The molecule has 0 saturated carbocycles. The molecule has 4 heterocycles. The highest BCUT2D eigenvalue weighted by atomic mass is 16.6. The van der Waals surface area contributed by atoms with Crippen molar-refractivity contribution in [3.8, 4) is 5.82 Å². The van der Waals surface area contributed by atoms with E-state index in [9.17, 15) is 9.59 Å². The van der Waals surface area contributed by atoms with Crippen LogP contribution in [0.1, 0.15) is 26.5 Å². The third-order valence-corrected chi connectivity index (χ3v) is 4.26. The second-order valence-corrected chi connectivity index (χ2v) is 6.21. The lowest BCUT2D eigenvalue weighted by molar-refractivity contribution is -0.155. The third kappa shape index (κ3) is 3.41. The van der Waals surface area contributed by atoms with Crippen LogP contribution in [0.25, 0.3) is 17.0 Å². The average Bonchev–Trinajstić information content (AvgIpc) is 3.38. The molecule has 0 amide bonds. The molecule has 0 aromatic carbocycles. The van der Waals surface area contributed by atoms with Crippen LogP contribution in [0.15, 0.2) is 25.3 Å². The van der Waals surface area contributed by atoms with Gasteiger partial charge in [0.15, 0.2) is 17.0 Å². The van der Waals surface area contributed by atoms with Crippen LogP contribution < -0.4 is 0 Å². The smallest absolute Gasteiger partial charge is 0.303 e. The molecule has 146 valence electrons. The van der Waals surface area contributed by atoms with Crippen molar-refractivity contribution in [3.63, 3.8) is 0 Å². The molecule has 0 radical (unpaired) electrons. The van der Waals surface area contributed by atoms with E-state index in [-0.39, 0.29) is 6.61 Å². The van der Waals surface area contributed by atoms with Crippen molar-refractivity contribution in [3.05, 3.63) is 25.3 Å².